The van der Waals surface area contributed by atoms with Gasteiger partial charge in [-0.15, -0.1) is 0 Å². The number of hydrogen-bond donors (Lipinski definition) is 2. The van der Waals surface area contributed by atoms with Gasteiger partial charge in [-0.25, -0.2) is 9.97 Å². The highest BCUT2D eigenvalue weighted by molar-refractivity contribution is 6.32. The molecule has 0 radical (unpaired) electrons. The fraction of sp³-hybridized carbons (Fsp3) is 0.133. The monoisotopic (exact) mass is 593 g/mol. The van der Waals surface area contributed by atoms with Crippen molar-refractivity contribution in [1.29, 1.82) is 0 Å². The molecular formula is C30H23ClF3N5O3. The molecule has 0 saturated heterocycles. The maximum absolute atomic E-state index is 13.6. The Morgan fingerprint density at radius 2 is 1.76 bits per heavy atom. The van der Waals surface area contributed by atoms with E-state index in [-0.39, 0.29) is 21.9 Å². The number of fused-ring (bicyclic) bond motifs is 1. The van der Waals surface area contributed by atoms with Crippen molar-refractivity contribution in [3.8, 4) is 17.2 Å². The molecule has 5 aromatic rings. The summed E-state index contributed by atoms with van der Waals surface area (Å²) in [5, 5.41) is 5.95. The Morgan fingerprint density at radius 1 is 0.976 bits per heavy atom. The number of benzene rings is 2. The molecule has 0 unspecified atom stereocenters. The normalized spacial score (nSPS) is 11.4. The second-order valence-electron chi connectivity index (χ2n) is 9.16. The van der Waals surface area contributed by atoms with Gasteiger partial charge in [0.15, 0.2) is 0 Å². The van der Waals surface area contributed by atoms with Crippen LogP contribution in [0.2, 0.25) is 5.02 Å². The number of hydrogen-bond acceptors (Lipinski definition) is 6. The quantitative estimate of drug-likeness (QED) is 0.196. The maximum Gasteiger partial charge on any atom is 0.416 e. The highest BCUT2D eigenvalue weighted by atomic mass is 35.5. The zero-order valence-corrected chi connectivity index (χ0v) is 22.8. The van der Waals surface area contributed by atoms with Crippen molar-refractivity contribution < 1.29 is 22.7 Å². The summed E-state index contributed by atoms with van der Waals surface area (Å²) in [6.45, 7) is 2.83. The molecule has 1 amide bonds. The average Bonchev–Trinajstić information content (AvgIpc) is 2.97. The highest BCUT2D eigenvalue weighted by Gasteiger charge is 2.31. The van der Waals surface area contributed by atoms with E-state index in [4.69, 9.17) is 16.3 Å². The molecule has 2 N–H and O–H groups in total. The second-order valence-corrected chi connectivity index (χ2v) is 9.57. The number of nitrogens with one attached hydrogen (secondary N) is 2. The smallest absolute Gasteiger partial charge is 0.416 e. The Bertz CT molecular complexity index is 1820. The molecule has 0 atom stereocenters. The lowest BCUT2D eigenvalue weighted by atomic mass is 10.1. The van der Waals surface area contributed by atoms with E-state index in [2.05, 4.69) is 27.5 Å². The first-order chi connectivity index (χ1) is 20.1. The van der Waals surface area contributed by atoms with Crippen molar-refractivity contribution in [2.24, 2.45) is 0 Å². The molecule has 214 valence electrons. The van der Waals surface area contributed by atoms with Crippen LogP contribution in [0.25, 0.3) is 16.7 Å². The van der Waals surface area contributed by atoms with Gasteiger partial charge in [0.25, 0.3) is 11.5 Å². The van der Waals surface area contributed by atoms with Crippen molar-refractivity contribution in [3.63, 3.8) is 0 Å². The molecule has 0 saturated carbocycles. The lowest BCUT2D eigenvalue weighted by Crippen LogP contribution is -2.29. The number of carbonyl (C=O) groups excluding carboxylic acids is 1. The molecule has 8 nitrogen and oxygen atoms in total. The third-order valence-electron chi connectivity index (χ3n) is 6.16. The van der Waals surface area contributed by atoms with E-state index in [1.54, 1.807) is 54.7 Å². The molecule has 42 heavy (non-hydrogen) atoms. The number of ether oxygens (including phenoxy) is 1. The number of pyridine rings is 3. The van der Waals surface area contributed by atoms with Crippen LogP contribution in [0.4, 0.5) is 24.7 Å². The van der Waals surface area contributed by atoms with Gasteiger partial charge in [-0.1, -0.05) is 18.5 Å². The lowest BCUT2D eigenvalue weighted by Gasteiger charge is -2.15. The average molecular weight is 594 g/mol. The largest absolute Gasteiger partial charge is 0.457 e. The number of alkyl halides is 3. The van der Waals surface area contributed by atoms with E-state index < -0.39 is 23.2 Å². The minimum atomic E-state index is -4.62. The maximum atomic E-state index is 13.6. The lowest BCUT2D eigenvalue weighted by molar-refractivity contribution is -0.137. The summed E-state index contributed by atoms with van der Waals surface area (Å²) in [6.07, 6.45) is -0.616. The van der Waals surface area contributed by atoms with Gasteiger partial charge in [0.1, 0.15) is 28.5 Å². The Balaban J connectivity index is 1.42. The van der Waals surface area contributed by atoms with Crippen molar-refractivity contribution in [3.05, 3.63) is 112 Å². The van der Waals surface area contributed by atoms with Crippen LogP contribution in [-0.2, 0) is 6.18 Å². The number of carbonyl (C=O) groups is 1. The van der Waals surface area contributed by atoms with Crippen molar-refractivity contribution in [2.75, 3.05) is 17.2 Å². The van der Waals surface area contributed by atoms with Gasteiger partial charge in [0.05, 0.1) is 16.3 Å². The van der Waals surface area contributed by atoms with Gasteiger partial charge in [-0.05, 0) is 73.2 Å². The summed E-state index contributed by atoms with van der Waals surface area (Å²) >= 11 is 6.20. The summed E-state index contributed by atoms with van der Waals surface area (Å²) in [4.78, 5) is 35.3. The van der Waals surface area contributed by atoms with Crippen LogP contribution in [0.1, 0.15) is 29.3 Å². The predicted octanol–water partition coefficient (Wildman–Crippen LogP) is 7.32. The molecule has 3 aromatic heterocycles. The number of rotatable bonds is 8. The molecule has 0 aliphatic heterocycles. The van der Waals surface area contributed by atoms with Gasteiger partial charge < -0.3 is 15.4 Å². The Hall–Kier alpha value is -4.90. The van der Waals surface area contributed by atoms with Crippen LogP contribution in [0, 0.1) is 0 Å². The van der Waals surface area contributed by atoms with E-state index in [9.17, 15) is 22.8 Å². The van der Waals surface area contributed by atoms with E-state index in [1.165, 1.54) is 12.3 Å². The van der Waals surface area contributed by atoms with E-state index in [0.29, 0.717) is 28.4 Å². The van der Waals surface area contributed by atoms with Gasteiger partial charge in [-0.3, -0.25) is 14.2 Å². The molecular weight excluding hydrogens is 571 g/mol. The number of nitrogens with zero attached hydrogens (tertiary/aromatic N) is 3. The molecule has 12 heteroatoms. The van der Waals surface area contributed by atoms with Crippen molar-refractivity contribution in [2.45, 2.75) is 19.5 Å². The summed E-state index contributed by atoms with van der Waals surface area (Å²) in [6, 6.07) is 17.2. The molecule has 0 aliphatic rings. The fourth-order valence-corrected chi connectivity index (χ4v) is 4.42. The molecule has 0 bridgehead atoms. The predicted molar refractivity (Wildman–Crippen MR) is 155 cm³/mol. The van der Waals surface area contributed by atoms with Crippen LogP contribution < -0.4 is 20.9 Å². The van der Waals surface area contributed by atoms with Crippen LogP contribution in [0.15, 0.2) is 90.0 Å². The molecule has 3 heterocycles. The molecule has 0 spiro atoms. The highest BCUT2D eigenvalue weighted by Crippen LogP contribution is 2.33. The number of aromatic nitrogens is 3. The summed E-state index contributed by atoms with van der Waals surface area (Å²) in [5.74, 6) is 1.05. The van der Waals surface area contributed by atoms with Crippen LogP contribution >= 0.6 is 11.6 Å². The third kappa shape index (κ3) is 6.21. The topological polar surface area (TPSA) is 98.1 Å². The SMILES string of the molecule is CCCNc1cc(Oc2ccc(NC(=O)c3cc4cccnc4n(-c4ccc(C(F)(F)F)cc4Cl)c3=O)cc2)ccn1. The Kier molecular flexibility index (Phi) is 8.12. The third-order valence-corrected chi connectivity index (χ3v) is 6.46. The van der Waals surface area contributed by atoms with Gasteiger partial charge in [-0.2, -0.15) is 13.2 Å². The number of halogens is 4. The summed E-state index contributed by atoms with van der Waals surface area (Å²) < 4.78 is 46.5. The Labute approximate surface area is 242 Å². The first-order valence-electron chi connectivity index (χ1n) is 12.8. The first kappa shape index (κ1) is 28.6. The zero-order chi connectivity index (χ0) is 29.9. The number of amides is 1. The van der Waals surface area contributed by atoms with E-state index >= 15 is 0 Å². The number of anilines is 2. The minimum Gasteiger partial charge on any atom is -0.457 e. The van der Waals surface area contributed by atoms with Crippen LogP contribution in [0.3, 0.4) is 0 Å². The van der Waals surface area contributed by atoms with E-state index in [0.717, 1.165) is 35.7 Å². The minimum absolute atomic E-state index is 0.0429. The molecule has 0 aliphatic carbocycles. The zero-order valence-electron chi connectivity index (χ0n) is 22.1. The summed E-state index contributed by atoms with van der Waals surface area (Å²) in [5.41, 5.74) is -1.55. The van der Waals surface area contributed by atoms with Crippen molar-refractivity contribution in [1.82, 2.24) is 14.5 Å². The first-order valence-corrected chi connectivity index (χ1v) is 13.2. The molecule has 5 rings (SSSR count). The summed E-state index contributed by atoms with van der Waals surface area (Å²) in [7, 11) is 0. The Morgan fingerprint density at radius 3 is 2.48 bits per heavy atom. The van der Waals surface area contributed by atoms with Crippen molar-refractivity contribution >= 4 is 40.0 Å². The molecule has 0 fully saturated rings. The van der Waals surface area contributed by atoms with Gasteiger partial charge in [0.2, 0.25) is 0 Å². The van der Waals surface area contributed by atoms with Crippen LogP contribution in [0.5, 0.6) is 11.5 Å². The van der Waals surface area contributed by atoms with E-state index in [1.807, 2.05) is 0 Å². The molecule has 2 aromatic carbocycles. The standard InChI is InChI=1S/C30H23ClF3N5O3/c1-2-12-35-26-17-22(11-14-36-26)42-21-8-6-20(7-9-21)38-28(40)23-15-18-4-3-13-37-27(18)39(29(23)41)25-10-5-19(16-24(25)31)30(32,33)34/h3-11,13-17H,2,12H2,1H3,(H,35,36)(H,38,40). The fourth-order valence-electron chi connectivity index (χ4n) is 4.16. The second kappa shape index (κ2) is 11.9. The van der Waals surface area contributed by atoms with Crippen LogP contribution in [-0.4, -0.2) is 27.0 Å². The van der Waals surface area contributed by atoms with Gasteiger partial charge in [0, 0.05) is 36.1 Å². The van der Waals surface area contributed by atoms with Gasteiger partial charge >= 0.3 is 6.18 Å².